The van der Waals surface area contributed by atoms with E-state index in [-0.39, 0.29) is 37.1 Å². The first-order chi connectivity index (χ1) is 9.99. The predicted octanol–water partition coefficient (Wildman–Crippen LogP) is 1.03. The number of para-hydroxylation sites is 1. The van der Waals surface area contributed by atoms with Crippen LogP contribution in [0.15, 0.2) is 24.3 Å². The molecule has 0 aliphatic carbocycles. The third kappa shape index (κ3) is 5.73. The summed E-state index contributed by atoms with van der Waals surface area (Å²) >= 11 is 6.17. The molecule has 23 heavy (non-hydrogen) atoms. The zero-order chi connectivity index (χ0) is 15.4. The highest BCUT2D eigenvalue weighted by atomic mass is 35.5. The lowest BCUT2D eigenvalue weighted by Gasteiger charge is -2.37. The van der Waals surface area contributed by atoms with Gasteiger partial charge >= 0.3 is 0 Å². The molecule has 1 aromatic carbocycles. The highest BCUT2D eigenvalue weighted by Crippen LogP contribution is 2.26. The van der Waals surface area contributed by atoms with E-state index in [4.69, 9.17) is 23.1 Å². The van der Waals surface area contributed by atoms with Gasteiger partial charge in [-0.2, -0.15) is 0 Å². The zero-order valence-corrected chi connectivity index (χ0v) is 14.9. The minimum atomic E-state index is -0.852. The molecule has 1 aliphatic rings. The van der Waals surface area contributed by atoms with E-state index in [1.807, 2.05) is 24.3 Å². The smallest absolute Gasteiger partial charge is 0.240 e. The molecule has 2 amide bonds. The van der Waals surface area contributed by atoms with Crippen molar-refractivity contribution in [2.24, 2.45) is 11.5 Å². The van der Waals surface area contributed by atoms with E-state index in [0.29, 0.717) is 31.2 Å². The fourth-order valence-electron chi connectivity index (χ4n) is 2.41. The van der Waals surface area contributed by atoms with Crippen molar-refractivity contribution >= 4 is 53.9 Å². The van der Waals surface area contributed by atoms with E-state index >= 15 is 0 Å². The summed E-state index contributed by atoms with van der Waals surface area (Å²) in [4.78, 5) is 26.7. The molecule has 0 bridgehead atoms. The second-order valence-electron chi connectivity index (χ2n) is 5.04. The molecule has 1 saturated heterocycles. The maximum Gasteiger partial charge on any atom is 0.240 e. The largest absolute Gasteiger partial charge is 0.370 e. The number of amides is 2. The van der Waals surface area contributed by atoms with Gasteiger partial charge in [0.25, 0.3) is 0 Å². The molecule has 9 heteroatoms. The molecule has 1 fully saturated rings. The number of primary amides is 1. The van der Waals surface area contributed by atoms with Gasteiger partial charge in [-0.15, -0.1) is 24.8 Å². The average Bonchev–Trinajstić information content (AvgIpc) is 2.46. The Kier molecular flexibility index (Phi) is 9.31. The van der Waals surface area contributed by atoms with E-state index in [9.17, 15) is 9.59 Å². The summed E-state index contributed by atoms with van der Waals surface area (Å²) in [5, 5.41) is 0.697. The SMILES string of the molecule is Cl.Cl.NC(=O)CC(N)C(=O)N1CCN(c2ccccc2Cl)CC1. The van der Waals surface area contributed by atoms with Gasteiger partial charge < -0.3 is 21.3 Å². The Morgan fingerprint density at radius 2 is 1.70 bits per heavy atom. The van der Waals surface area contributed by atoms with Crippen molar-refractivity contribution in [1.29, 1.82) is 0 Å². The van der Waals surface area contributed by atoms with Crippen LogP contribution in [0.3, 0.4) is 0 Å². The number of nitrogens with two attached hydrogens (primary N) is 2. The van der Waals surface area contributed by atoms with E-state index in [1.54, 1.807) is 4.90 Å². The maximum absolute atomic E-state index is 12.1. The lowest BCUT2D eigenvalue weighted by Crippen LogP contribution is -2.53. The van der Waals surface area contributed by atoms with Crippen LogP contribution in [0.4, 0.5) is 5.69 Å². The Hall–Kier alpha value is -1.21. The molecule has 2 rings (SSSR count). The van der Waals surface area contributed by atoms with Crippen LogP contribution >= 0.6 is 36.4 Å². The third-order valence-corrected chi connectivity index (χ3v) is 3.84. The van der Waals surface area contributed by atoms with Gasteiger partial charge in [0.1, 0.15) is 0 Å². The van der Waals surface area contributed by atoms with Gasteiger partial charge in [0.15, 0.2) is 0 Å². The van der Waals surface area contributed by atoms with E-state index in [1.165, 1.54) is 0 Å². The standard InChI is InChI=1S/C14H19ClN4O2.2ClH/c15-10-3-1-2-4-12(10)18-5-7-19(8-6-18)14(21)11(16)9-13(17)20;;/h1-4,11H,5-9,16H2,(H2,17,20);2*1H. The number of piperazine rings is 1. The van der Waals surface area contributed by atoms with Gasteiger partial charge in [-0.05, 0) is 12.1 Å². The Bertz CT molecular complexity index is 537. The summed E-state index contributed by atoms with van der Waals surface area (Å²) in [6.07, 6.45) is -0.121. The van der Waals surface area contributed by atoms with Crippen molar-refractivity contribution in [2.75, 3.05) is 31.1 Å². The van der Waals surface area contributed by atoms with E-state index in [0.717, 1.165) is 5.69 Å². The topological polar surface area (TPSA) is 92.7 Å². The number of nitrogens with zero attached hydrogens (tertiary/aromatic N) is 2. The van der Waals surface area contributed by atoms with Gasteiger partial charge in [0.05, 0.1) is 23.2 Å². The molecule has 1 aromatic rings. The molecule has 1 atom stereocenters. The number of hydrogen-bond donors (Lipinski definition) is 2. The van der Waals surface area contributed by atoms with Gasteiger partial charge in [0, 0.05) is 26.2 Å². The van der Waals surface area contributed by atoms with Crippen molar-refractivity contribution < 1.29 is 9.59 Å². The number of anilines is 1. The molecule has 1 unspecified atom stereocenters. The Morgan fingerprint density at radius 3 is 2.22 bits per heavy atom. The fraction of sp³-hybridized carbons (Fsp3) is 0.429. The van der Waals surface area contributed by atoms with Crippen molar-refractivity contribution in [1.82, 2.24) is 4.90 Å². The highest BCUT2D eigenvalue weighted by Gasteiger charge is 2.26. The van der Waals surface area contributed by atoms with Crippen molar-refractivity contribution in [2.45, 2.75) is 12.5 Å². The van der Waals surface area contributed by atoms with Crippen LogP contribution in [-0.4, -0.2) is 48.9 Å². The van der Waals surface area contributed by atoms with Crippen LogP contribution in [0, 0.1) is 0 Å². The van der Waals surface area contributed by atoms with E-state index < -0.39 is 11.9 Å². The molecular formula is C14H21Cl3N4O2. The Balaban J connectivity index is 0.00000242. The van der Waals surface area contributed by atoms with Gasteiger partial charge in [0.2, 0.25) is 11.8 Å². The lowest BCUT2D eigenvalue weighted by atomic mass is 10.1. The lowest BCUT2D eigenvalue weighted by molar-refractivity contribution is -0.134. The molecule has 4 N–H and O–H groups in total. The van der Waals surface area contributed by atoms with Gasteiger partial charge in [-0.1, -0.05) is 23.7 Å². The number of hydrogen-bond acceptors (Lipinski definition) is 4. The van der Waals surface area contributed by atoms with Crippen molar-refractivity contribution in [3.05, 3.63) is 29.3 Å². The first kappa shape index (κ1) is 21.8. The van der Waals surface area contributed by atoms with Crippen LogP contribution < -0.4 is 16.4 Å². The molecular weight excluding hydrogens is 363 g/mol. The van der Waals surface area contributed by atoms with Crippen LogP contribution in [0.25, 0.3) is 0 Å². The summed E-state index contributed by atoms with van der Waals surface area (Å²) in [5.41, 5.74) is 11.7. The molecule has 0 saturated carbocycles. The summed E-state index contributed by atoms with van der Waals surface area (Å²) < 4.78 is 0. The normalized spacial score (nSPS) is 15.2. The van der Waals surface area contributed by atoms with Crippen LogP contribution in [-0.2, 0) is 9.59 Å². The van der Waals surface area contributed by atoms with Crippen LogP contribution in [0.1, 0.15) is 6.42 Å². The fourth-order valence-corrected chi connectivity index (χ4v) is 2.67. The minimum absolute atomic E-state index is 0. The number of halogens is 3. The molecule has 6 nitrogen and oxygen atoms in total. The van der Waals surface area contributed by atoms with Crippen LogP contribution in [0.5, 0.6) is 0 Å². The predicted molar refractivity (Wildman–Crippen MR) is 96.5 cm³/mol. The molecule has 1 heterocycles. The molecule has 1 aliphatic heterocycles. The molecule has 0 spiro atoms. The average molecular weight is 384 g/mol. The van der Waals surface area contributed by atoms with Gasteiger partial charge in [-0.3, -0.25) is 9.59 Å². The van der Waals surface area contributed by atoms with Crippen LogP contribution in [0.2, 0.25) is 5.02 Å². The summed E-state index contributed by atoms with van der Waals surface area (Å²) in [7, 11) is 0. The number of benzene rings is 1. The monoisotopic (exact) mass is 382 g/mol. The summed E-state index contributed by atoms with van der Waals surface area (Å²) in [5.74, 6) is -0.793. The minimum Gasteiger partial charge on any atom is -0.370 e. The van der Waals surface area contributed by atoms with Crippen molar-refractivity contribution in [3.63, 3.8) is 0 Å². The first-order valence-electron chi connectivity index (χ1n) is 6.81. The second-order valence-corrected chi connectivity index (χ2v) is 5.45. The van der Waals surface area contributed by atoms with Gasteiger partial charge in [-0.25, -0.2) is 0 Å². The summed E-state index contributed by atoms with van der Waals surface area (Å²) in [6.45, 7) is 2.46. The number of rotatable bonds is 4. The molecule has 0 radical (unpaired) electrons. The number of carbonyl (C=O) groups excluding carboxylic acids is 2. The highest BCUT2D eigenvalue weighted by molar-refractivity contribution is 6.33. The first-order valence-corrected chi connectivity index (χ1v) is 7.19. The quantitative estimate of drug-likeness (QED) is 0.812. The summed E-state index contributed by atoms with van der Waals surface area (Å²) in [6, 6.07) is 6.76. The number of carbonyl (C=O) groups is 2. The Morgan fingerprint density at radius 1 is 1.13 bits per heavy atom. The third-order valence-electron chi connectivity index (χ3n) is 3.52. The molecule has 0 aromatic heterocycles. The zero-order valence-electron chi connectivity index (χ0n) is 12.5. The Labute approximate surface area is 152 Å². The van der Waals surface area contributed by atoms with Crippen molar-refractivity contribution in [3.8, 4) is 0 Å². The maximum atomic E-state index is 12.1. The second kappa shape index (κ2) is 9.82. The molecule has 130 valence electrons. The van der Waals surface area contributed by atoms with E-state index in [2.05, 4.69) is 4.90 Å².